The quantitative estimate of drug-likeness (QED) is 0.608. The molecular formula is C22H22FN3O3S. The number of hydrogen-bond acceptors (Lipinski definition) is 5. The smallest absolute Gasteiger partial charge is 0.269 e. The molecule has 156 valence electrons. The molecule has 3 heterocycles. The number of ether oxygens (including phenoxy) is 1. The summed E-state index contributed by atoms with van der Waals surface area (Å²) in [6.07, 6.45) is 0.956. The minimum atomic E-state index is -0.350. The molecule has 1 atom stereocenters. The maximum Gasteiger partial charge on any atom is 0.269 e. The van der Waals surface area contributed by atoms with E-state index in [1.807, 2.05) is 13.0 Å². The van der Waals surface area contributed by atoms with E-state index in [4.69, 9.17) is 4.74 Å². The molecular weight excluding hydrogens is 405 g/mol. The van der Waals surface area contributed by atoms with Crippen molar-refractivity contribution in [3.63, 3.8) is 0 Å². The number of aryl methyl sites for hydroxylation is 2. The second-order valence-corrected chi connectivity index (χ2v) is 8.40. The molecule has 0 saturated heterocycles. The first-order valence-corrected chi connectivity index (χ1v) is 10.6. The zero-order valence-electron chi connectivity index (χ0n) is 17.0. The molecule has 1 aliphatic heterocycles. The molecule has 8 heteroatoms. The van der Waals surface area contributed by atoms with Crippen LogP contribution in [0.1, 0.15) is 45.3 Å². The van der Waals surface area contributed by atoms with Crippen LogP contribution < -0.4 is 10.1 Å². The summed E-state index contributed by atoms with van der Waals surface area (Å²) in [5.74, 6) is 0.0143. The Hall–Kier alpha value is -3.00. The van der Waals surface area contributed by atoms with Gasteiger partial charge < -0.3 is 10.1 Å². The van der Waals surface area contributed by atoms with Crippen LogP contribution in [0, 0.1) is 5.82 Å². The lowest BCUT2D eigenvalue weighted by atomic mass is 10.0. The summed E-state index contributed by atoms with van der Waals surface area (Å²) in [6, 6.07) is 8.22. The Morgan fingerprint density at radius 1 is 1.33 bits per heavy atom. The number of carbonyl (C=O) groups excluding carboxylic acids is 2. The van der Waals surface area contributed by atoms with Gasteiger partial charge in [-0.1, -0.05) is 6.92 Å². The second-order valence-electron chi connectivity index (χ2n) is 7.31. The highest BCUT2D eigenvalue weighted by Gasteiger charge is 2.28. The number of halogens is 1. The van der Waals surface area contributed by atoms with Gasteiger partial charge in [0.2, 0.25) is 0 Å². The molecule has 0 bridgehead atoms. The van der Waals surface area contributed by atoms with Crippen molar-refractivity contribution in [2.45, 2.75) is 32.8 Å². The topological polar surface area (TPSA) is 73.2 Å². The Labute approximate surface area is 177 Å². The van der Waals surface area contributed by atoms with Crippen molar-refractivity contribution in [3.8, 4) is 16.2 Å². The summed E-state index contributed by atoms with van der Waals surface area (Å²) in [6.45, 7) is 3.79. The highest BCUT2D eigenvalue weighted by molar-refractivity contribution is 7.17. The normalized spacial score (nSPS) is 15.0. The van der Waals surface area contributed by atoms with E-state index in [1.165, 1.54) is 30.4 Å². The number of benzene rings is 1. The zero-order chi connectivity index (χ0) is 21.4. The minimum absolute atomic E-state index is 0.0257. The third-order valence-electron chi connectivity index (χ3n) is 5.10. The number of Topliss-reactive ketones (excluding diaryl/α,β-unsaturated/α-hetero) is 1. The zero-order valence-corrected chi connectivity index (χ0v) is 17.8. The van der Waals surface area contributed by atoms with Gasteiger partial charge in [-0.25, -0.2) is 4.39 Å². The fourth-order valence-corrected chi connectivity index (χ4v) is 4.49. The van der Waals surface area contributed by atoms with Gasteiger partial charge in [-0.15, -0.1) is 11.3 Å². The van der Waals surface area contributed by atoms with Gasteiger partial charge in [-0.2, -0.15) is 5.10 Å². The number of rotatable bonds is 6. The molecule has 1 amide bonds. The van der Waals surface area contributed by atoms with Gasteiger partial charge in [0.05, 0.1) is 17.1 Å². The fraction of sp³-hybridized carbons (Fsp3) is 0.318. The van der Waals surface area contributed by atoms with Crippen LogP contribution in [0.3, 0.4) is 0 Å². The van der Waals surface area contributed by atoms with Crippen LogP contribution in [0.2, 0.25) is 0 Å². The Bertz CT molecular complexity index is 1130. The van der Waals surface area contributed by atoms with Crippen molar-refractivity contribution in [2.75, 3.05) is 6.54 Å². The Morgan fingerprint density at radius 2 is 2.13 bits per heavy atom. The average Bonchev–Trinajstić information content (AvgIpc) is 3.43. The SMILES string of the molecule is CCc1cc(C(=O)NC[C@H]2Cc3cc(F)cc(-c4ccc(C(C)=O)s4)c3O2)n(C)n1. The van der Waals surface area contributed by atoms with E-state index in [2.05, 4.69) is 10.4 Å². The standard InChI is InChI=1S/C22H22FN3O3S/c1-4-15-10-18(26(3)25-15)22(28)24-11-16-8-13-7-14(23)9-17(21(13)29-16)20-6-5-19(30-20)12(2)27/h5-7,9-10,16H,4,8,11H2,1-3H3,(H,24,28)/t16-/m1/s1. The van der Waals surface area contributed by atoms with Gasteiger partial charge in [0.1, 0.15) is 23.4 Å². The van der Waals surface area contributed by atoms with Gasteiger partial charge in [0, 0.05) is 29.5 Å². The van der Waals surface area contributed by atoms with Gasteiger partial charge in [0.25, 0.3) is 5.91 Å². The first kappa shape index (κ1) is 20.3. The fourth-order valence-electron chi connectivity index (χ4n) is 3.57. The number of aromatic nitrogens is 2. The molecule has 0 fully saturated rings. The lowest BCUT2D eigenvalue weighted by Gasteiger charge is -2.13. The van der Waals surface area contributed by atoms with Crippen molar-refractivity contribution in [1.29, 1.82) is 0 Å². The van der Waals surface area contributed by atoms with E-state index >= 15 is 0 Å². The highest BCUT2D eigenvalue weighted by Crippen LogP contribution is 2.42. The number of fused-ring (bicyclic) bond motifs is 1. The lowest BCUT2D eigenvalue weighted by Crippen LogP contribution is -2.35. The van der Waals surface area contributed by atoms with Crippen LogP contribution in [0.25, 0.3) is 10.4 Å². The molecule has 6 nitrogen and oxygen atoms in total. The molecule has 1 aromatic carbocycles. The summed E-state index contributed by atoms with van der Waals surface area (Å²) in [4.78, 5) is 25.5. The van der Waals surface area contributed by atoms with Crippen LogP contribution >= 0.6 is 11.3 Å². The highest BCUT2D eigenvalue weighted by atomic mass is 32.1. The van der Waals surface area contributed by atoms with Crippen LogP contribution in [-0.2, 0) is 19.9 Å². The predicted octanol–water partition coefficient (Wildman–Crippen LogP) is 3.79. The number of thiophene rings is 1. The first-order chi connectivity index (χ1) is 14.4. The number of nitrogens with zero attached hydrogens (tertiary/aromatic N) is 2. The Kier molecular flexibility index (Phi) is 5.42. The third kappa shape index (κ3) is 3.87. The number of hydrogen-bond donors (Lipinski definition) is 1. The molecule has 1 N–H and O–H groups in total. The van der Waals surface area contributed by atoms with Gasteiger partial charge in [-0.05, 0) is 43.7 Å². The molecule has 0 spiro atoms. The van der Waals surface area contributed by atoms with E-state index in [-0.39, 0.29) is 23.6 Å². The molecule has 4 rings (SSSR count). The minimum Gasteiger partial charge on any atom is -0.487 e. The Balaban J connectivity index is 1.49. The number of amides is 1. The van der Waals surface area contributed by atoms with E-state index in [1.54, 1.807) is 23.9 Å². The van der Waals surface area contributed by atoms with E-state index in [0.717, 1.165) is 22.6 Å². The summed E-state index contributed by atoms with van der Waals surface area (Å²) in [7, 11) is 1.74. The Morgan fingerprint density at radius 3 is 2.80 bits per heavy atom. The van der Waals surface area contributed by atoms with Crippen LogP contribution in [-0.4, -0.2) is 34.1 Å². The summed E-state index contributed by atoms with van der Waals surface area (Å²) < 4.78 is 21.9. The largest absolute Gasteiger partial charge is 0.487 e. The van der Waals surface area contributed by atoms with Gasteiger partial charge >= 0.3 is 0 Å². The van der Waals surface area contributed by atoms with E-state index in [9.17, 15) is 14.0 Å². The average molecular weight is 428 g/mol. The van der Waals surface area contributed by atoms with Crippen LogP contribution in [0.5, 0.6) is 5.75 Å². The van der Waals surface area contributed by atoms with Crippen LogP contribution in [0.4, 0.5) is 4.39 Å². The predicted molar refractivity (Wildman–Crippen MR) is 113 cm³/mol. The van der Waals surface area contributed by atoms with Crippen molar-refractivity contribution < 1.29 is 18.7 Å². The van der Waals surface area contributed by atoms with E-state index in [0.29, 0.717) is 34.8 Å². The number of ketones is 1. The monoisotopic (exact) mass is 427 g/mol. The second kappa shape index (κ2) is 8.02. The molecule has 0 saturated carbocycles. The molecule has 30 heavy (non-hydrogen) atoms. The maximum absolute atomic E-state index is 14.2. The number of carbonyl (C=O) groups is 2. The first-order valence-electron chi connectivity index (χ1n) is 9.77. The van der Waals surface area contributed by atoms with Crippen molar-refractivity contribution >= 4 is 23.0 Å². The van der Waals surface area contributed by atoms with Crippen LogP contribution in [0.15, 0.2) is 30.3 Å². The van der Waals surface area contributed by atoms with E-state index < -0.39 is 0 Å². The van der Waals surface area contributed by atoms with Gasteiger partial charge in [-0.3, -0.25) is 14.3 Å². The van der Waals surface area contributed by atoms with Crippen molar-refractivity contribution in [1.82, 2.24) is 15.1 Å². The van der Waals surface area contributed by atoms with Crippen molar-refractivity contribution in [3.05, 3.63) is 58.0 Å². The lowest BCUT2D eigenvalue weighted by molar-refractivity contribution is 0.0923. The molecule has 2 aromatic heterocycles. The summed E-state index contributed by atoms with van der Waals surface area (Å²) >= 11 is 1.32. The summed E-state index contributed by atoms with van der Waals surface area (Å²) in [5.41, 5.74) is 2.74. The molecule has 0 radical (unpaired) electrons. The molecule has 1 aliphatic rings. The molecule has 0 unspecified atom stereocenters. The number of nitrogens with one attached hydrogen (secondary N) is 1. The maximum atomic E-state index is 14.2. The molecule has 0 aliphatic carbocycles. The third-order valence-corrected chi connectivity index (χ3v) is 6.32. The molecule has 3 aromatic rings. The summed E-state index contributed by atoms with van der Waals surface area (Å²) in [5, 5.41) is 7.18. The van der Waals surface area contributed by atoms with Crippen molar-refractivity contribution in [2.24, 2.45) is 7.05 Å². The van der Waals surface area contributed by atoms with Gasteiger partial charge in [0.15, 0.2) is 5.78 Å².